The van der Waals surface area contributed by atoms with Crippen molar-refractivity contribution in [3.05, 3.63) is 24.3 Å². The van der Waals surface area contributed by atoms with Crippen LogP contribution in [0, 0.1) is 0 Å². The summed E-state index contributed by atoms with van der Waals surface area (Å²) in [7, 11) is -5.12. The van der Waals surface area contributed by atoms with E-state index in [1.165, 1.54) is 109 Å². The molecule has 14 heteroatoms. The van der Waals surface area contributed by atoms with Crippen molar-refractivity contribution < 1.29 is 63.1 Å². The Hall–Kier alpha value is -1.67. The van der Waals surface area contributed by atoms with Crippen molar-refractivity contribution in [2.24, 2.45) is 0 Å². The Kier molecular flexibility index (Phi) is 33.7. The topological polar surface area (TPSA) is 210 Å². The predicted molar refractivity (Wildman–Crippen MR) is 230 cm³/mol. The number of hydrogen-bond acceptors (Lipinski definition) is 12. The molecule has 8 atom stereocenters. The normalized spacial score (nSPS) is 22.5. The molecule has 0 spiro atoms. The van der Waals surface area contributed by atoms with E-state index in [0.717, 1.165) is 44.9 Å². The van der Waals surface area contributed by atoms with Crippen molar-refractivity contribution in [2.75, 3.05) is 13.2 Å². The molecule has 1 fully saturated rings. The molecular weight excluding hydrogens is 779 g/mol. The second-order valence-corrected chi connectivity index (χ2v) is 17.7. The van der Waals surface area contributed by atoms with Crippen LogP contribution in [0.5, 0.6) is 0 Å². The molecule has 0 aliphatic heterocycles. The molecule has 0 aromatic rings. The third kappa shape index (κ3) is 28.5. The molecule has 1 rings (SSSR count). The molecule has 0 aromatic carbocycles. The molecule has 1 aliphatic rings. The van der Waals surface area contributed by atoms with Crippen LogP contribution < -0.4 is 0 Å². The standard InChI is InChI=1S/C45H83O13P/c1-3-5-7-9-11-13-15-17-19-21-23-25-27-29-31-33-38(46)55-35-37(36-56-59(53,54)58-45-43(51)41(49)40(48)42(50)44(45)52)57-39(47)34-32-30-28-26-24-22-20-18-16-14-12-10-8-6-4-2/h21,23-24,26,37,40-45,48-52H,3-20,22,25,27-36H2,1-2H3,(H,53,54)/b23-21+,26-24+/t37-,40?,41-,42?,43?,44?,45?/m1/s1. The number of aliphatic hydroxyl groups excluding tert-OH is 5. The van der Waals surface area contributed by atoms with Gasteiger partial charge in [0.25, 0.3) is 0 Å². The molecule has 13 nitrogen and oxygen atoms in total. The van der Waals surface area contributed by atoms with Gasteiger partial charge in [-0.1, -0.05) is 141 Å². The lowest BCUT2D eigenvalue weighted by Crippen LogP contribution is -2.64. The molecule has 6 unspecified atom stereocenters. The Morgan fingerprint density at radius 1 is 0.508 bits per heavy atom. The molecule has 6 N–H and O–H groups in total. The maximum Gasteiger partial charge on any atom is 0.472 e. The zero-order valence-corrected chi connectivity index (χ0v) is 37.4. The van der Waals surface area contributed by atoms with Crippen molar-refractivity contribution >= 4 is 19.8 Å². The van der Waals surface area contributed by atoms with Gasteiger partial charge in [-0.15, -0.1) is 0 Å². The maximum atomic E-state index is 12.8. The highest BCUT2D eigenvalue weighted by Gasteiger charge is 2.51. The van der Waals surface area contributed by atoms with Gasteiger partial charge >= 0.3 is 19.8 Å². The van der Waals surface area contributed by atoms with Crippen molar-refractivity contribution in [3.63, 3.8) is 0 Å². The number of rotatable bonds is 38. The predicted octanol–water partition coefficient (Wildman–Crippen LogP) is 8.84. The number of aliphatic hydroxyl groups is 5. The van der Waals surface area contributed by atoms with Crippen molar-refractivity contribution in [3.8, 4) is 0 Å². The first-order valence-electron chi connectivity index (χ1n) is 23.1. The molecule has 1 aliphatic carbocycles. The number of esters is 2. The van der Waals surface area contributed by atoms with Gasteiger partial charge in [0.2, 0.25) is 0 Å². The fraction of sp³-hybridized carbons (Fsp3) is 0.867. The number of carbonyl (C=O) groups excluding carboxylic acids is 2. The lowest BCUT2D eigenvalue weighted by Gasteiger charge is -2.41. The van der Waals surface area contributed by atoms with Crippen LogP contribution in [0.4, 0.5) is 0 Å². The minimum atomic E-state index is -5.12. The van der Waals surface area contributed by atoms with E-state index in [-0.39, 0.29) is 12.8 Å². The van der Waals surface area contributed by atoms with Gasteiger partial charge in [-0.2, -0.15) is 0 Å². The fourth-order valence-corrected chi connectivity index (χ4v) is 7.95. The summed E-state index contributed by atoms with van der Waals surface area (Å²) in [5.74, 6) is -1.14. The number of ether oxygens (including phenoxy) is 2. The van der Waals surface area contributed by atoms with Gasteiger partial charge in [0, 0.05) is 12.8 Å². The Morgan fingerprint density at radius 2 is 0.864 bits per heavy atom. The minimum absolute atomic E-state index is 0.0654. The van der Waals surface area contributed by atoms with Crippen LogP contribution in [0.3, 0.4) is 0 Å². The van der Waals surface area contributed by atoms with Crippen LogP contribution in [-0.4, -0.2) is 98.3 Å². The minimum Gasteiger partial charge on any atom is -0.462 e. The maximum absolute atomic E-state index is 12.8. The van der Waals surface area contributed by atoms with Crippen LogP contribution in [0.2, 0.25) is 0 Å². The summed E-state index contributed by atoms with van der Waals surface area (Å²) in [6, 6.07) is 0. The molecule has 0 heterocycles. The van der Waals surface area contributed by atoms with E-state index in [4.69, 9.17) is 18.5 Å². The molecule has 0 amide bonds. The van der Waals surface area contributed by atoms with E-state index in [9.17, 15) is 44.6 Å². The third-order valence-corrected chi connectivity index (χ3v) is 11.8. The summed E-state index contributed by atoms with van der Waals surface area (Å²) in [6.45, 7) is 3.27. The molecule has 59 heavy (non-hydrogen) atoms. The number of phosphoric ester groups is 1. The Balaban J connectivity index is 2.49. The summed E-state index contributed by atoms with van der Waals surface area (Å²) in [6.07, 6.45) is 25.3. The van der Waals surface area contributed by atoms with Gasteiger partial charge in [-0.3, -0.25) is 18.6 Å². The fourth-order valence-electron chi connectivity index (χ4n) is 6.98. The summed E-state index contributed by atoms with van der Waals surface area (Å²) in [5.41, 5.74) is 0. The second kappa shape index (κ2) is 35.9. The van der Waals surface area contributed by atoms with E-state index in [1.807, 2.05) is 0 Å². The van der Waals surface area contributed by atoms with Crippen LogP contribution in [0.25, 0.3) is 0 Å². The highest BCUT2D eigenvalue weighted by molar-refractivity contribution is 7.47. The summed E-state index contributed by atoms with van der Waals surface area (Å²) < 4.78 is 33.5. The number of hydrogen-bond donors (Lipinski definition) is 6. The van der Waals surface area contributed by atoms with Crippen LogP contribution >= 0.6 is 7.82 Å². The van der Waals surface area contributed by atoms with Crippen molar-refractivity contribution in [2.45, 2.75) is 236 Å². The molecule has 0 radical (unpaired) electrons. The van der Waals surface area contributed by atoms with E-state index in [1.54, 1.807) is 0 Å². The van der Waals surface area contributed by atoms with E-state index in [0.29, 0.717) is 12.8 Å². The first-order chi connectivity index (χ1) is 28.4. The van der Waals surface area contributed by atoms with Gasteiger partial charge in [0.15, 0.2) is 6.10 Å². The van der Waals surface area contributed by atoms with E-state index >= 15 is 0 Å². The quantitative estimate of drug-likeness (QED) is 0.0149. The largest absolute Gasteiger partial charge is 0.472 e. The molecule has 346 valence electrons. The van der Waals surface area contributed by atoms with Crippen LogP contribution in [-0.2, 0) is 32.7 Å². The summed E-state index contributed by atoms with van der Waals surface area (Å²) in [5, 5.41) is 50.1. The summed E-state index contributed by atoms with van der Waals surface area (Å²) in [4.78, 5) is 35.6. The molecular formula is C45H83O13P. The van der Waals surface area contributed by atoms with Gasteiger partial charge < -0.3 is 39.9 Å². The zero-order valence-electron chi connectivity index (χ0n) is 36.6. The molecule has 0 saturated heterocycles. The average molecular weight is 863 g/mol. The van der Waals surface area contributed by atoms with Gasteiger partial charge in [-0.25, -0.2) is 4.57 Å². The third-order valence-electron chi connectivity index (χ3n) is 10.8. The highest BCUT2D eigenvalue weighted by Crippen LogP contribution is 2.47. The monoisotopic (exact) mass is 863 g/mol. The van der Waals surface area contributed by atoms with E-state index in [2.05, 4.69) is 38.2 Å². The summed E-state index contributed by atoms with van der Waals surface area (Å²) >= 11 is 0. The van der Waals surface area contributed by atoms with Gasteiger partial charge in [-0.05, 0) is 64.2 Å². The first-order valence-corrected chi connectivity index (χ1v) is 24.6. The smallest absolute Gasteiger partial charge is 0.462 e. The number of carbonyl (C=O) groups is 2. The van der Waals surface area contributed by atoms with Crippen molar-refractivity contribution in [1.29, 1.82) is 0 Å². The lowest BCUT2D eigenvalue weighted by atomic mass is 9.85. The number of phosphoric acid groups is 1. The number of allylic oxidation sites excluding steroid dienone is 4. The molecule has 0 aromatic heterocycles. The first kappa shape index (κ1) is 55.3. The van der Waals surface area contributed by atoms with Gasteiger partial charge in [0.05, 0.1) is 6.61 Å². The highest BCUT2D eigenvalue weighted by atomic mass is 31.2. The van der Waals surface area contributed by atoms with Crippen molar-refractivity contribution in [1.82, 2.24) is 0 Å². The molecule has 1 saturated carbocycles. The lowest BCUT2D eigenvalue weighted by molar-refractivity contribution is -0.220. The number of unbranched alkanes of at least 4 members (excludes halogenated alkanes) is 22. The van der Waals surface area contributed by atoms with Gasteiger partial charge in [0.1, 0.15) is 43.2 Å². The Bertz CT molecular complexity index is 1130. The Morgan fingerprint density at radius 3 is 1.32 bits per heavy atom. The zero-order chi connectivity index (χ0) is 43.6. The molecule has 0 bridgehead atoms. The Labute approximate surface area is 356 Å². The van der Waals surface area contributed by atoms with E-state index < -0.39 is 75.7 Å². The SMILES string of the molecule is CCCCCCCCCC/C=C/CCCCCC(=O)OC[C@H](COP(=O)(O)OC1C(O)C(O)C(O)[C@@H](O)C1O)OC(=O)CCCC/C=C/CCCCCCCCCCC. The second-order valence-electron chi connectivity index (χ2n) is 16.3. The van der Waals surface area contributed by atoms with Crippen LogP contribution in [0.15, 0.2) is 24.3 Å². The average Bonchev–Trinajstić information content (AvgIpc) is 3.21. The van der Waals surface area contributed by atoms with Crippen LogP contribution in [0.1, 0.15) is 194 Å².